The van der Waals surface area contributed by atoms with Gasteiger partial charge in [-0.3, -0.25) is 0 Å². The predicted molar refractivity (Wildman–Crippen MR) is 60.8 cm³/mol. The molecule has 1 rings (SSSR count). The first-order valence-electron chi connectivity index (χ1n) is 4.75. The van der Waals surface area contributed by atoms with Crippen LogP contribution in [0.5, 0.6) is 0 Å². The Morgan fingerprint density at radius 3 is 2.57 bits per heavy atom. The molecule has 0 aliphatic rings. The number of anilines is 1. The smallest absolute Gasteiger partial charge is 0.202 e. The maximum atomic E-state index is 5.92. The van der Waals surface area contributed by atoms with E-state index in [1.807, 2.05) is 17.8 Å². The molecular weight excluding hydrogens is 198 g/mol. The number of aryl methyl sites for hydroxylation is 1. The zero-order valence-electron chi connectivity index (χ0n) is 9.21. The normalized spacial score (nSPS) is 14.1. The molecule has 14 heavy (non-hydrogen) atoms. The van der Waals surface area contributed by atoms with Gasteiger partial charge in [0.15, 0.2) is 0 Å². The van der Waals surface area contributed by atoms with Crippen LogP contribution in [0.15, 0.2) is 12.4 Å². The van der Waals surface area contributed by atoms with Gasteiger partial charge < -0.3 is 9.88 Å². The van der Waals surface area contributed by atoms with Crippen molar-refractivity contribution in [2.75, 3.05) is 11.2 Å². The van der Waals surface area contributed by atoms with E-state index in [9.17, 15) is 0 Å². The molecule has 4 heteroatoms. The second kappa shape index (κ2) is 4.22. The van der Waals surface area contributed by atoms with Crippen LogP contribution in [0.3, 0.4) is 0 Å². The highest BCUT2D eigenvalue weighted by Crippen LogP contribution is 2.23. The highest BCUT2D eigenvalue weighted by atomic mass is 35.5. The third kappa shape index (κ3) is 2.64. The first-order valence-corrected chi connectivity index (χ1v) is 5.28. The van der Waals surface area contributed by atoms with Gasteiger partial charge in [-0.1, -0.05) is 20.8 Å². The van der Waals surface area contributed by atoms with Gasteiger partial charge in [0, 0.05) is 31.4 Å². The van der Waals surface area contributed by atoms with Crippen molar-refractivity contribution in [3.63, 3.8) is 0 Å². The van der Waals surface area contributed by atoms with Crippen molar-refractivity contribution >= 4 is 17.5 Å². The lowest BCUT2D eigenvalue weighted by Gasteiger charge is -2.30. The third-order valence-corrected chi connectivity index (χ3v) is 2.63. The first kappa shape index (κ1) is 11.4. The van der Waals surface area contributed by atoms with Crippen molar-refractivity contribution in [1.82, 2.24) is 9.55 Å². The molecule has 0 spiro atoms. The number of hydrogen-bond acceptors (Lipinski definition) is 2. The van der Waals surface area contributed by atoms with Crippen LogP contribution in [0, 0.1) is 5.41 Å². The molecule has 0 radical (unpaired) electrons. The van der Waals surface area contributed by atoms with Crippen LogP contribution in [0.4, 0.5) is 5.95 Å². The monoisotopic (exact) mass is 215 g/mol. The van der Waals surface area contributed by atoms with E-state index in [0.717, 1.165) is 5.95 Å². The largest absolute Gasteiger partial charge is 0.351 e. The van der Waals surface area contributed by atoms with E-state index in [1.165, 1.54) is 0 Å². The zero-order valence-corrected chi connectivity index (χ0v) is 9.97. The average molecular weight is 216 g/mol. The van der Waals surface area contributed by atoms with Gasteiger partial charge in [-0.15, -0.1) is 11.6 Å². The van der Waals surface area contributed by atoms with Crippen molar-refractivity contribution in [2.24, 2.45) is 12.5 Å². The maximum Gasteiger partial charge on any atom is 0.202 e. The summed E-state index contributed by atoms with van der Waals surface area (Å²) in [6, 6.07) is 0.227. The molecule has 1 aromatic rings. The van der Waals surface area contributed by atoms with Crippen LogP contribution in [0.1, 0.15) is 20.8 Å². The van der Waals surface area contributed by atoms with Crippen LogP contribution in [0.2, 0.25) is 0 Å². The highest BCUT2D eigenvalue weighted by Gasteiger charge is 2.24. The van der Waals surface area contributed by atoms with E-state index < -0.39 is 0 Å². The first-order chi connectivity index (χ1) is 6.45. The predicted octanol–water partition coefficient (Wildman–Crippen LogP) is 2.49. The Morgan fingerprint density at radius 2 is 2.21 bits per heavy atom. The van der Waals surface area contributed by atoms with Crippen LogP contribution in [0.25, 0.3) is 0 Å². The molecule has 0 fully saturated rings. The number of halogens is 1. The van der Waals surface area contributed by atoms with Crippen LogP contribution >= 0.6 is 11.6 Å². The lowest BCUT2D eigenvalue weighted by atomic mass is 9.88. The summed E-state index contributed by atoms with van der Waals surface area (Å²) in [5, 5.41) is 3.34. The molecular formula is C10H18ClN3. The Bertz CT molecular complexity index is 288. The summed E-state index contributed by atoms with van der Waals surface area (Å²) in [6.45, 7) is 6.49. The van der Waals surface area contributed by atoms with Crippen molar-refractivity contribution < 1.29 is 0 Å². The van der Waals surface area contributed by atoms with Gasteiger partial charge in [0.25, 0.3) is 0 Å². The van der Waals surface area contributed by atoms with E-state index in [-0.39, 0.29) is 11.5 Å². The van der Waals surface area contributed by atoms with Crippen LogP contribution in [-0.2, 0) is 7.05 Å². The van der Waals surface area contributed by atoms with E-state index in [0.29, 0.717) is 5.88 Å². The van der Waals surface area contributed by atoms with Gasteiger partial charge in [0.1, 0.15) is 0 Å². The zero-order chi connectivity index (χ0) is 10.8. The standard InChI is InChI=1S/C10H18ClN3/c1-10(2,3)8(7-11)13-9-12-5-6-14(9)4/h5-6,8H,7H2,1-4H3,(H,12,13). The van der Waals surface area contributed by atoms with Gasteiger partial charge >= 0.3 is 0 Å². The second-order valence-electron chi connectivity index (χ2n) is 4.58. The van der Waals surface area contributed by atoms with Gasteiger partial charge in [-0.25, -0.2) is 4.98 Å². The fourth-order valence-electron chi connectivity index (χ4n) is 1.15. The summed E-state index contributed by atoms with van der Waals surface area (Å²) >= 11 is 5.92. The van der Waals surface area contributed by atoms with E-state index in [2.05, 4.69) is 31.1 Å². The minimum Gasteiger partial charge on any atom is -0.351 e. The molecule has 0 aliphatic carbocycles. The molecule has 0 aromatic carbocycles. The molecule has 80 valence electrons. The fourth-order valence-corrected chi connectivity index (χ4v) is 1.69. The summed E-state index contributed by atoms with van der Waals surface area (Å²) in [5.41, 5.74) is 0.133. The van der Waals surface area contributed by atoms with E-state index in [4.69, 9.17) is 11.6 Å². The molecule has 0 aliphatic heterocycles. The van der Waals surface area contributed by atoms with Gasteiger partial charge in [-0.2, -0.15) is 0 Å². The number of imidazole rings is 1. The van der Waals surface area contributed by atoms with Gasteiger partial charge in [0.05, 0.1) is 0 Å². The van der Waals surface area contributed by atoms with Crippen molar-refractivity contribution in [3.05, 3.63) is 12.4 Å². The van der Waals surface area contributed by atoms with Crippen molar-refractivity contribution in [1.29, 1.82) is 0 Å². The number of alkyl halides is 1. The summed E-state index contributed by atoms with van der Waals surface area (Å²) in [4.78, 5) is 4.21. The average Bonchev–Trinajstić information content (AvgIpc) is 2.45. The minimum atomic E-state index is 0.133. The van der Waals surface area contributed by atoms with Crippen LogP contribution < -0.4 is 5.32 Å². The number of aromatic nitrogens is 2. The Balaban J connectivity index is 2.71. The number of nitrogens with zero attached hydrogens (tertiary/aromatic N) is 2. The maximum absolute atomic E-state index is 5.92. The van der Waals surface area contributed by atoms with E-state index >= 15 is 0 Å². The highest BCUT2D eigenvalue weighted by molar-refractivity contribution is 6.18. The second-order valence-corrected chi connectivity index (χ2v) is 4.89. The van der Waals surface area contributed by atoms with Crippen molar-refractivity contribution in [2.45, 2.75) is 26.8 Å². The molecule has 1 heterocycles. The summed E-state index contributed by atoms with van der Waals surface area (Å²) < 4.78 is 1.95. The lowest BCUT2D eigenvalue weighted by molar-refractivity contribution is 0.360. The fraction of sp³-hybridized carbons (Fsp3) is 0.700. The third-order valence-electron chi connectivity index (χ3n) is 2.32. The quantitative estimate of drug-likeness (QED) is 0.786. The molecule has 0 amide bonds. The number of nitrogens with one attached hydrogen (secondary N) is 1. The van der Waals surface area contributed by atoms with Gasteiger partial charge in [-0.05, 0) is 5.41 Å². The summed E-state index contributed by atoms with van der Waals surface area (Å²) in [6.07, 6.45) is 3.69. The Morgan fingerprint density at radius 1 is 1.57 bits per heavy atom. The molecule has 0 saturated heterocycles. The Kier molecular flexibility index (Phi) is 3.43. The lowest BCUT2D eigenvalue weighted by Crippen LogP contribution is -2.36. The molecule has 0 bridgehead atoms. The molecule has 1 unspecified atom stereocenters. The number of rotatable bonds is 3. The van der Waals surface area contributed by atoms with E-state index in [1.54, 1.807) is 6.20 Å². The van der Waals surface area contributed by atoms with Crippen molar-refractivity contribution in [3.8, 4) is 0 Å². The molecule has 1 aromatic heterocycles. The minimum absolute atomic E-state index is 0.133. The Labute approximate surface area is 90.5 Å². The molecule has 1 N–H and O–H groups in total. The SMILES string of the molecule is Cn1ccnc1NC(CCl)C(C)(C)C. The Hall–Kier alpha value is -0.700. The number of hydrogen-bond donors (Lipinski definition) is 1. The summed E-state index contributed by atoms with van der Waals surface area (Å²) in [5.74, 6) is 1.45. The molecule has 1 atom stereocenters. The molecule has 3 nitrogen and oxygen atoms in total. The van der Waals surface area contributed by atoms with Gasteiger partial charge in [0.2, 0.25) is 5.95 Å². The summed E-state index contributed by atoms with van der Waals surface area (Å²) in [7, 11) is 1.96. The molecule has 0 saturated carbocycles. The topological polar surface area (TPSA) is 29.9 Å². The van der Waals surface area contributed by atoms with Crippen LogP contribution in [-0.4, -0.2) is 21.5 Å².